The maximum Gasteiger partial charge on any atom is 0.0647 e. The average Bonchev–Trinajstić information content (AvgIpc) is 2.08. The van der Waals surface area contributed by atoms with Gasteiger partial charge in [-0.3, -0.25) is 0 Å². The fraction of sp³-hybridized carbons (Fsp3) is 0.846. The highest BCUT2D eigenvalue weighted by atomic mass is 16.5. The molecule has 0 saturated carbocycles. The van der Waals surface area contributed by atoms with E-state index in [1.54, 1.807) is 0 Å². The number of hydrogen-bond donors (Lipinski definition) is 0. The summed E-state index contributed by atoms with van der Waals surface area (Å²) in [5.74, 6) is 1.48. The first-order chi connectivity index (χ1) is 6.63. The van der Waals surface area contributed by atoms with Crippen molar-refractivity contribution < 1.29 is 4.74 Å². The second-order valence-corrected chi connectivity index (χ2v) is 4.73. The lowest BCUT2D eigenvalue weighted by atomic mass is 10.1. The van der Waals surface area contributed by atoms with E-state index in [1.807, 2.05) is 0 Å². The SMILES string of the molecule is CC(C)CCC/C=C/COCC(C)C. The molecule has 0 saturated heterocycles. The fourth-order valence-electron chi connectivity index (χ4n) is 1.20. The van der Waals surface area contributed by atoms with Crippen molar-refractivity contribution in [2.75, 3.05) is 13.2 Å². The number of allylic oxidation sites excluding steroid dienone is 1. The molecule has 0 aromatic heterocycles. The number of unbranched alkanes of at least 4 members (excludes halogenated alkanes) is 1. The third-order valence-corrected chi connectivity index (χ3v) is 1.98. The first kappa shape index (κ1) is 13.7. The molecule has 0 bridgehead atoms. The molecule has 0 N–H and O–H groups in total. The Labute approximate surface area is 89.5 Å². The van der Waals surface area contributed by atoms with Crippen molar-refractivity contribution in [2.45, 2.75) is 47.0 Å². The van der Waals surface area contributed by atoms with Crippen LogP contribution in [0.2, 0.25) is 0 Å². The van der Waals surface area contributed by atoms with Gasteiger partial charge in [0.05, 0.1) is 6.61 Å². The largest absolute Gasteiger partial charge is 0.377 e. The zero-order valence-electron chi connectivity index (χ0n) is 10.3. The van der Waals surface area contributed by atoms with E-state index in [-0.39, 0.29) is 0 Å². The monoisotopic (exact) mass is 198 g/mol. The number of rotatable bonds is 8. The summed E-state index contributed by atoms with van der Waals surface area (Å²) < 4.78 is 5.44. The van der Waals surface area contributed by atoms with E-state index >= 15 is 0 Å². The summed E-state index contributed by atoms with van der Waals surface area (Å²) in [6.45, 7) is 10.5. The van der Waals surface area contributed by atoms with Crippen molar-refractivity contribution in [1.29, 1.82) is 0 Å². The first-order valence-electron chi connectivity index (χ1n) is 5.85. The Morgan fingerprint density at radius 2 is 1.71 bits per heavy atom. The molecule has 1 heteroatoms. The molecule has 0 rings (SSSR count). The summed E-state index contributed by atoms with van der Waals surface area (Å²) in [6.07, 6.45) is 8.21. The minimum absolute atomic E-state index is 0.643. The van der Waals surface area contributed by atoms with E-state index in [0.29, 0.717) is 5.92 Å². The van der Waals surface area contributed by atoms with Crippen LogP contribution in [0.25, 0.3) is 0 Å². The molecule has 0 aliphatic carbocycles. The van der Waals surface area contributed by atoms with Crippen LogP contribution >= 0.6 is 0 Å². The van der Waals surface area contributed by atoms with E-state index in [0.717, 1.165) is 19.1 Å². The predicted octanol–water partition coefficient (Wildman–Crippen LogP) is 4.04. The lowest BCUT2D eigenvalue weighted by molar-refractivity contribution is 0.134. The van der Waals surface area contributed by atoms with Gasteiger partial charge in [-0.1, -0.05) is 46.3 Å². The summed E-state index contributed by atoms with van der Waals surface area (Å²) in [5, 5.41) is 0. The van der Waals surface area contributed by atoms with Crippen LogP contribution in [0.15, 0.2) is 12.2 Å². The molecule has 0 heterocycles. The van der Waals surface area contributed by atoms with Gasteiger partial charge in [0.15, 0.2) is 0 Å². The van der Waals surface area contributed by atoms with Gasteiger partial charge in [-0.05, 0) is 24.7 Å². The van der Waals surface area contributed by atoms with Crippen LogP contribution in [0.4, 0.5) is 0 Å². The van der Waals surface area contributed by atoms with Gasteiger partial charge >= 0.3 is 0 Å². The Bertz CT molecular complexity index is 120. The van der Waals surface area contributed by atoms with Crippen LogP contribution in [0.3, 0.4) is 0 Å². The zero-order valence-corrected chi connectivity index (χ0v) is 10.3. The average molecular weight is 198 g/mol. The van der Waals surface area contributed by atoms with Crippen LogP contribution in [-0.4, -0.2) is 13.2 Å². The van der Waals surface area contributed by atoms with E-state index in [1.165, 1.54) is 19.3 Å². The maximum atomic E-state index is 5.44. The molecular formula is C13H26O. The van der Waals surface area contributed by atoms with E-state index < -0.39 is 0 Å². The number of ether oxygens (including phenoxy) is 1. The lowest BCUT2D eigenvalue weighted by Gasteiger charge is -2.03. The van der Waals surface area contributed by atoms with E-state index in [2.05, 4.69) is 39.8 Å². The fourth-order valence-corrected chi connectivity index (χ4v) is 1.20. The quantitative estimate of drug-likeness (QED) is 0.422. The molecule has 84 valence electrons. The van der Waals surface area contributed by atoms with Crippen LogP contribution < -0.4 is 0 Å². The van der Waals surface area contributed by atoms with Crippen molar-refractivity contribution in [3.63, 3.8) is 0 Å². The van der Waals surface area contributed by atoms with Crippen LogP contribution in [0, 0.1) is 11.8 Å². The molecule has 14 heavy (non-hydrogen) atoms. The summed E-state index contributed by atoms with van der Waals surface area (Å²) in [6, 6.07) is 0. The van der Waals surface area contributed by atoms with Crippen molar-refractivity contribution >= 4 is 0 Å². The van der Waals surface area contributed by atoms with Crippen LogP contribution in [0.1, 0.15) is 47.0 Å². The highest BCUT2D eigenvalue weighted by Crippen LogP contribution is 2.06. The molecule has 0 aliphatic heterocycles. The molecule has 0 amide bonds. The van der Waals surface area contributed by atoms with Gasteiger partial charge in [-0.15, -0.1) is 0 Å². The van der Waals surface area contributed by atoms with Crippen LogP contribution in [-0.2, 0) is 4.74 Å². The zero-order chi connectivity index (χ0) is 10.8. The molecule has 0 fully saturated rings. The van der Waals surface area contributed by atoms with Crippen molar-refractivity contribution in [3.05, 3.63) is 12.2 Å². The molecule has 0 atom stereocenters. The molecular weight excluding hydrogens is 172 g/mol. The molecule has 0 aromatic rings. The molecule has 1 nitrogen and oxygen atoms in total. The van der Waals surface area contributed by atoms with Gasteiger partial charge in [0, 0.05) is 6.61 Å². The van der Waals surface area contributed by atoms with Gasteiger partial charge in [-0.2, -0.15) is 0 Å². The Balaban J connectivity index is 3.12. The van der Waals surface area contributed by atoms with Gasteiger partial charge in [0.25, 0.3) is 0 Å². The second-order valence-electron chi connectivity index (χ2n) is 4.73. The van der Waals surface area contributed by atoms with Crippen molar-refractivity contribution in [3.8, 4) is 0 Å². The van der Waals surface area contributed by atoms with Gasteiger partial charge in [-0.25, -0.2) is 0 Å². The lowest BCUT2D eigenvalue weighted by Crippen LogP contribution is -2.01. The van der Waals surface area contributed by atoms with Gasteiger partial charge < -0.3 is 4.74 Å². The second kappa shape index (κ2) is 9.26. The first-order valence-corrected chi connectivity index (χ1v) is 5.85. The molecule has 0 spiro atoms. The summed E-state index contributed by atoms with van der Waals surface area (Å²) >= 11 is 0. The standard InChI is InChI=1S/C13H26O/c1-12(2)9-7-5-6-8-10-14-11-13(3)4/h6,8,12-13H,5,7,9-11H2,1-4H3/b8-6+. The van der Waals surface area contributed by atoms with E-state index in [9.17, 15) is 0 Å². The highest BCUT2D eigenvalue weighted by molar-refractivity contribution is 4.81. The van der Waals surface area contributed by atoms with Crippen molar-refractivity contribution in [1.82, 2.24) is 0 Å². The van der Waals surface area contributed by atoms with Crippen LogP contribution in [0.5, 0.6) is 0 Å². The van der Waals surface area contributed by atoms with E-state index in [4.69, 9.17) is 4.74 Å². The molecule has 0 aromatic carbocycles. The topological polar surface area (TPSA) is 9.23 Å². The Morgan fingerprint density at radius 3 is 2.29 bits per heavy atom. The Morgan fingerprint density at radius 1 is 1.00 bits per heavy atom. The Kier molecular flexibility index (Phi) is 9.06. The number of hydrogen-bond acceptors (Lipinski definition) is 1. The smallest absolute Gasteiger partial charge is 0.0647 e. The third kappa shape index (κ3) is 11.7. The van der Waals surface area contributed by atoms with Crippen molar-refractivity contribution in [2.24, 2.45) is 11.8 Å². The minimum Gasteiger partial charge on any atom is -0.377 e. The molecule has 0 aliphatic rings. The molecule has 0 unspecified atom stereocenters. The highest BCUT2D eigenvalue weighted by Gasteiger charge is 1.92. The predicted molar refractivity (Wildman–Crippen MR) is 63.5 cm³/mol. The van der Waals surface area contributed by atoms with Gasteiger partial charge in [0.2, 0.25) is 0 Å². The Hall–Kier alpha value is -0.300. The van der Waals surface area contributed by atoms with Gasteiger partial charge in [0.1, 0.15) is 0 Å². The molecule has 0 radical (unpaired) electrons. The summed E-state index contributed by atoms with van der Waals surface area (Å²) in [7, 11) is 0. The summed E-state index contributed by atoms with van der Waals surface area (Å²) in [4.78, 5) is 0. The minimum atomic E-state index is 0.643. The maximum absolute atomic E-state index is 5.44. The summed E-state index contributed by atoms with van der Waals surface area (Å²) in [5.41, 5.74) is 0. The normalized spacial score (nSPS) is 12.1. The third-order valence-electron chi connectivity index (χ3n) is 1.98.